The quantitative estimate of drug-likeness (QED) is 0.380. The van der Waals surface area contributed by atoms with Crippen LogP contribution >= 0.6 is 0 Å². The number of rotatable bonds is 11. The van der Waals surface area contributed by atoms with Gasteiger partial charge in [0.2, 0.25) is 17.8 Å². The van der Waals surface area contributed by atoms with Gasteiger partial charge in [0, 0.05) is 49.9 Å². The molecule has 41 heavy (non-hydrogen) atoms. The number of amides is 2. The highest BCUT2D eigenvalue weighted by molar-refractivity contribution is 5.94. The Kier molecular flexibility index (Phi) is 9.53. The number of anilines is 1. The predicted molar refractivity (Wildman–Crippen MR) is 157 cm³/mol. The van der Waals surface area contributed by atoms with Crippen molar-refractivity contribution in [3.8, 4) is 28.4 Å². The van der Waals surface area contributed by atoms with Crippen LogP contribution in [0.3, 0.4) is 0 Å². The van der Waals surface area contributed by atoms with Crippen LogP contribution in [0.1, 0.15) is 25.7 Å². The Bertz CT molecular complexity index is 1320. The minimum atomic E-state index is -0.287. The minimum Gasteiger partial charge on any atom is -0.493 e. The van der Waals surface area contributed by atoms with Gasteiger partial charge < -0.3 is 19.1 Å². The van der Waals surface area contributed by atoms with Crippen molar-refractivity contribution in [1.29, 1.82) is 0 Å². The van der Waals surface area contributed by atoms with E-state index in [4.69, 9.17) is 19.2 Å². The SMILES string of the molecule is COc1ccc(-n2cc(-c3ccccc3)nc2NC(=O)CN(CCN2CCOCC2)C(=O)C2CCCC2)cc1OC. The zero-order valence-electron chi connectivity index (χ0n) is 23.9. The van der Waals surface area contributed by atoms with Crippen molar-refractivity contribution in [3.05, 3.63) is 54.7 Å². The van der Waals surface area contributed by atoms with Crippen molar-refractivity contribution in [2.75, 3.05) is 65.5 Å². The molecule has 2 amide bonds. The van der Waals surface area contributed by atoms with Gasteiger partial charge in [-0.15, -0.1) is 0 Å². The fourth-order valence-electron chi connectivity index (χ4n) is 5.51. The third-order valence-corrected chi connectivity index (χ3v) is 7.81. The van der Waals surface area contributed by atoms with Gasteiger partial charge in [0.05, 0.1) is 45.4 Å². The van der Waals surface area contributed by atoms with Gasteiger partial charge in [-0.05, 0) is 25.0 Å². The molecule has 1 N–H and O–H groups in total. The molecule has 1 aliphatic heterocycles. The van der Waals surface area contributed by atoms with Crippen LogP contribution in [0, 0.1) is 5.92 Å². The van der Waals surface area contributed by atoms with Gasteiger partial charge in [0.1, 0.15) is 0 Å². The summed E-state index contributed by atoms with van der Waals surface area (Å²) < 4.78 is 18.2. The summed E-state index contributed by atoms with van der Waals surface area (Å²) in [5.41, 5.74) is 2.38. The number of nitrogens with one attached hydrogen (secondary N) is 1. The lowest BCUT2D eigenvalue weighted by molar-refractivity contribution is -0.138. The van der Waals surface area contributed by atoms with Gasteiger partial charge in [-0.1, -0.05) is 43.2 Å². The fraction of sp³-hybridized carbons (Fsp3) is 0.452. The van der Waals surface area contributed by atoms with E-state index in [2.05, 4.69) is 10.2 Å². The van der Waals surface area contributed by atoms with Crippen molar-refractivity contribution < 1.29 is 23.8 Å². The maximum atomic E-state index is 13.5. The van der Waals surface area contributed by atoms with E-state index in [-0.39, 0.29) is 24.3 Å². The molecule has 0 spiro atoms. The first-order valence-corrected chi connectivity index (χ1v) is 14.3. The summed E-state index contributed by atoms with van der Waals surface area (Å²) in [6.07, 6.45) is 5.78. The smallest absolute Gasteiger partial charge is 0.246 e. The molecule has 0 unspecified atom stereocenters. The van der Waals surface area contributed by atoms with Crippen molar-refractivity contribution in [1.82, 2.24) is 19.4 Å². The number of aromatic nitrogens is 2. The average Bonchev–Trinajstić information content (AvgIpc) is 3.70. The zero-order chi connectivity index (χ0) is 28.6. The number of benzene rings is 2. The lowest BCUT2D eigenvalue weighted by Gasteiger charge is -2.31. The molecule has 218 valence electrons. The number of methoxy groups -OCH3 is 2. The lowest BCUT2D eigenvalue weighted by atomic mass is 10.1. The van der Waals surface area contributed by atoms with Gasteiger partial charge in [-0.25, -0.2) is 4.98 Å². The van der Waals surface area contributed by atoms with Gasteiger partial charge in [0.15, 0.2) is 11.5 Å². The molecule has 0 atom stereocenters. The lowest BCUT2D eigenvalue weighted by Crippen LogP contribution is -2.46. The second kappa shape index (κ2) is 13.6. The Labute approximate surface area is 241 Å². The Morgan fingerprint density at radius 1 is 1.02 bits per heavy atom. The van der Waals surface area contributed by atoms with Gasteiger partial charge in [-0.2, -0.15) is 0 Å². The summed E-state index contributed by atoms with van der Waals surface area (Å²) in [6, 6.07) is 15.3. The molecule has 0 bridgehead atoms. The number of hydrogen-bond donors (Lipinski definition) is 1. The second-order valence-electron chi connectivity index (χ2n) is 10.5. The van der Waals surface area contributed by atoms with Crippen LogP contribution in [0.25, 0.3) is 16.9 Å². The number of carbonyl (C=O) groups excluding carboxylic acids is 2. The fourth-order valence-corrected chi connectivity index (χ4v) is 5.51. The summed E-state index contributed by atoms with van der Waals surface area (Å²) >= 11 is 0. The average molecular weight is 562 g/mol. The third-order valence-electron chi connectivity index (χ3n) is 7.81. The van der Waals surface area contributed by atoms with Crippen LogP contribution in [-0.2, 0) is 14.3 Å². The molecule has 10 nitrogen and oxygen atoms in total. The number of nitrogens with zero attached hydrogens (tertiary/aromatic N) is 4. The molecule has 1 saturated heterocycles. The van der Waals surface area contributed by atoms with Crippen LogP contribution in [0.2, 0.25) is 0 Å². The number of hydrogen-bond acceptors (Lipinski definition) is 7. The summed E-state index contributed by atoms with van der Waals surface area (Å²) in [7, 11) is 3.17. The van der Waals surface area contributed by atoms with E-state index in [1.165, 1.54) is 0 Å². The zero-order valence-corrected chi connectivity index (χ0v) is 23.9. The van der Waals surface area contributed by atoms with Gasteiger partial charge >= 0.3 is 0 Å². The molecule has 1 saturated carbocycles. The van der Waals surface area contributed by atoms with Crippen LogP contribution < -0.4 is 14.8 Å². The molecule has 2 aliphatic rings. The molecule has 2 heterocycles. The topological polar surface area (TPSA) is 98.2 Å². The van der Waals surface area contributed by atoms with E-state index in [1.807, 2.05) is 59.3 Å². The summed E-state index contributed by atoms with van der Waals surface area (Å²) in [4.78, 5) is 35.8. The largest absolute Gasteiger partial charge is 0.493 e. The Hall–Kier alpha value is -3.89. The first-order chi connectivity index (χ1) is 20.1. The van der Waals surface area contributed by atoms with Crippen molar-refractivity contribution >= 4 is 17.8 Å². The van der Waals surface area contributed by atoms with E-state index < -0.39 is 0 Å². The highest BCUT2D eigenvalue weighted by atomic mass is 16.5. The Morgan fingerprint density at radius 2 is 1.76 bits per heavy atom. The summed E-state index contributed by atoms with van der Waals surface area (Å²) in [6.45, 7) is 4.25. The monoisotopic (exact) mass is 561 g/mol. The predicted octanol–water partition coefficient (Wildman–Crippen LogP) is 3.85. The van der Waals surface area contributed by atoms with E-state index in [0.29, 0.717) is 49.4 Å². The Balaban J connectivity index is 1.38. The molecular weight excluding hydrogens is 522 g/mol. The van der Waals surface area contributed by atoms with E-state index >= 15 is 0 Å². The third kappa shape index (κ3) is 7.07. The van der Waals surface area contributed by atoms with Crippen LogP contribution in [0.5, 0.6) is 11.5 Å². The maximum absolute atomic E-state index is 13.5. The summed E-state index contributed by atoms with van der Waals surface area (Å²) in [5, 5.41) is 2.99. The molecule has 1 aromatic heterocycles. The maximum Gasteiger partial charge on any atom is 0.246 e. The van der Waals surface area contributed by atoms with E-state index in [9.17, 15) is 9.59 Å². The normalized spacial score (nSPS) is 16.0. The molecule has 3 aromatic rings. The van der Waals surface area contributed by atoms with Crippen molar-refractivity contribution in [2.24, 2.45) is 5.92 Å². The molecule has 2 aromatic carbocycles. The van der Waals surface area contributed by atoms with Crippen LogP contribution in [0.4, 0.5) is 5.95 Å². The van der Waals surface area contributed by atoms with Gasteiger partial charge in [0.25, 0.3) is 0 Å². The second-order valence-corrected chi connectivity index (χ2v) is 10.5. The number of imidazole rings is 1. The minimum absolute atomic E-state index is 0.00840. The molecule has 1 aliphatic carbocycles. The number of ether oxygens (including phenoxy) is 3. The number of morpholine rings is 1. The first kappa shape index (κ1) is 28.6. The highest BCUT2D eigenvalue weighted by Gasteiger charge is 2.29. The van der Waals surface area contributed by atoms with Crippen molar-refractivity contribution in [2.45, 2.75) is 25.7 Å². The first-order valence-electron chi connectivity index (χ1n) is 14.3. The van der Waals surface area contributed by atoms with Crippen LogP contribution in [0.15, 0.2) is 54.7 Å². The van der Waals surface area contributed by atoms with Crippen LogP contribution in [-0.4, -0.2) is 91.3 Å². The van der Waals surface area contributed by atoms with Gasteiger partial charge in [-0.3, -0.25) is 24.4 Å². The molecule has 10 heteroatoms. The molecular formula is C31H39N5O5. The highest BCUT2D eigenvalue weighted by Crippen LogP contribution is 2.32. The number of carbonyl (C=O) groups is 2. The molecule has 2 fully saturated rings. The molecule has 0 radical (unpaired) electrons. The van der Waals surface area contributed by atoms with Crippen molar-refractivity contribution in [3.63, 3.8) is 0 Å². The van der Waals surface area contributed by atoms with E-state index in [1.54, 1.807) is 19.1 Å². The van der Waals surface area contributed by atoms with E-state index in [0.717, 1.165) is 50.0 Å². The summed E-state index contributed by atoms with van der Waals surface area (Å²) in [5.74, 6) is 1.30. The molecule has 5 rings (SSSR count). The Morgan fingerprint density at radius 3 is 2.46 bits per heavy atom. The standard InChI is InChI=1S/C31H39N5O5/c1-39-27-13-12-25(20-28(27)40-2)36-21-26(23-8-4-3-5-9-23)32-31(36)33-29(37)22-35(30(38)24-10-6-7-11-24)15-14-34-16-18-41-19-17-34/h3-5,8-9,12-13,20-21,24H,6-7,10-11,14-19,22H2,1-2H3,(H,32,33,37).